The molecule has 0 saturated carbocycles. The zero-order valence-electron chi connectivity index (χ0n) is 19.1. The lowest BCUT2D eigenvalue weighted by Gasteiger charge is -2.11. The molecular formula is C26H20F3N5O2. The van der Waals surface area contributed by atoms with Crippen LogP contribution in [0, 0.1) is 0 Å². The summed E-state index contributed by atoms with van der Waals surface area (Å²) in [6.45, 7) is 0.298. The molecule has 0 spiro atoms. The van der Waals surface area contributed by atoms with Crippen molar-refractivity contribution in [2.45, 2.75) is 19.3 Å². The molecular weight excluding hydrogens is 471 g/mol. The second kappa shape index (κ2) is 9.29. The van der Waals surface area contributed by atoms with E-state index in [2.05, 4.69) is 19.9 Å². The fraction of sp³-hybridized carbons (Fsp3) is 0.154. The zero-order valence-corrected chi connectivity index (χ0v) is 19.1. The van der Waals surface area contributed by atoms with Crippen molar-refractivity contribution in [2.24, 2.45) is 7.05 Å². The molecule has 5 aromatic rings. The summed E-state index contributed by atoms with van der Waals surface area (Å²) in [5, 5.41) is 9.53. The molecule has 7 nitrogen and oxygen atoms in total. The molecule has 10 heteroatoms. The molecule has 0 aliphatic heterocycles. The minimum Gasteiger partial charge on any atom is -0.406 e. The van der Waals surface area contributed by atoms with E-state index in [1.54, 1.807) is 16.9 Å². The second-order valence-corrected chi connectivity index (χ2v) is 8.26. The Morgan fingerprint density at radius 2 is 1.81 bits per heavy atom. The van der Waals surface area contributed by atoms with Gasteiger partial charge in [-0.2, -0.15) is 10.2 Å². The molecule has 0 radical (unpaired) electrons. The fourth-order valence-corrected chi connectivity index (χ4v) is 3.92. The summed E-state index contributed by atoms with van der Waals surface area (Å²) < 4.78 is 44.7. The standard InChI is InChI=1S/C26H20F3N5O2/c1-33-16-21(15-31-33)20-12-19-11-17(5-6-23(19)30-14-20)9-10-34-25(35)8-7-24(32-34)18-3-2-4-22(13-18)36-26(27,28)29/h2-8,11-16H,9-10H2,1H3. The van der Waals surface area contributed by atoms with Crippen molar-refractivity contribution in [1.29, 1.82) is 0 Å². The van der Waals surface area contributed by atoms with Crippen molar-refractivity contribution in [3.63, 3.8) is 0 Å². The molecule has 3 heterocycles. The van der Waals surface area contributed by atoms with E-state index in [-0.39, 0.29) is 11.3 Å². The lowest BCUT2D eigenvalue weighted by molar-refractivity contribution is -0.274. The summed E-state index contributed by atoms with van der Waals surface area (Å²) in [7, 11) is 1.86. The minimum atomic E-state index is -4.79. The second-order valence-electron chi connectivity index (χ2n) is 8.26. The molecule has 3 aromatic heterocycles. The van der Waals surface area contributed by atoms with Crippen LogP contribution >= 0.6 is 0 Å². The summed E-state index contributed by atoms with van der Waals surface area (Å²) >= 11 is 0. The number of benzene rings is 2. The highest BCUT2D eigenvalue weighted by molar-refractivity contribution is 5.83. The number of ether oxygens (including phenoxy) is 1. The molecule has 5 rings (SSSR count). The molecule has 0 unspecified atom stereocenters. The highest BCUT2D eigenvalue weighted by atomic mass is 19.4. The van der Waals surface area contributed by atoms with Gasteiger partial charge in [-0.15, -0.1) is 13.2 Å². The number of hydrogen-bond acceptors (Lipinski definition) is 5. The van der Waals surface area contributed by atoms with Crippen LogP contribution in [0.25, 0.3) is 33.3 Å². The van der Waals surface area contributed by atoms with E-state index in [1.807, 2.05) is 43.7 Å². The number of pyridine rings is 1. The topological polar surface area (TPSA) is 74.8 Å². The third-order valence-electron chi connectivity index (χ3n) is 5.63. The summed E-state index contributed by atoms with van der Waals surface area (Å²) in [4.78, 5) is 16.9. The normalized spacial score (nSPS) is 11.7. The molecule has 0 fully saturated rings. The van der Waals surface area contributed by atoms with Crippen LogP contribution in [0.4, 0.5) is 13.2 Å². The Morgan fingerprint density at radius 1 is 0.944 bits per heavy atom. The summed E-state index contributed by atoms with van der Waals surface area (Å²) in [5.41, 5.74) is 4.24. The molecule has 0 amide bonds. The van der Waals surface area contributed by atoms with Gasteiger partial charge >= 0.3 is 6.36 Å². The number of hydrogen-bond donors (Lipinski definition) is 0. The van der Waals surface area contributed by atoms with Crippen LogP contribution in [0.5, 0.6) is 5.75 Å². The number of rotatable bonds is 6. The molecule has 2 aromatic carbocycles. The largest absolute Gasteiger partial charge is 0.573 e. The van der Waals surface area contributed by atoms with Gasteiger partial charge in [-0.25, -0.2) is 4.68 Å². The van der Waals surface area contributed by atoms with Crippen molar-refractivity contribution in [3.8, 4) is 28.1 Å². The quantitative estimate of drug-likeness (QED) is 0.334. The Morgan fingerprint density at radius 3 is 2.58 bits per heavy atom. The van der Waals surface area contributed by atoms with Gasteiger partial charge in [0.1, 0.15) is 5.75 Å². The van der Waals surface area contributed by atoms with Crippen LogP contribution in [0.3, 0.4) is 0 Å². The lowest BCUT2D eigenvalue weighted by Crippen LogP contribution is -2.23. The number of halogens is 3. The molecule has 0 N–H and O–H groups in total. The highest BCUT2D eigenvalue weighted by Crippen LogP contribution is 2.27. The third-order valence-corrected chi connectivity index (χ3v) is 5.63. The van der Waals surface area contributed by atoms with Gasteiger partial charge in [-0.05, 0) is 48.4 Å². The first-order valence-corrected chi connectivity index (χ1v) is 11.1. The SMILES string of the molecule is Cn1cc(-c2cnc3ccc(CCn4nc(-c5cccc(OC(F)(F)F)c5)ccc4=O)cc3c2)cn1. The molecule has 0 aliphatic rings. The van der Waals surface area contributed by atoms with Gasteiger partial charge in [-0.1, -0.05) is 18.2 Å². The smallest absolute Gasteiger partial charge is 0.406 e. The zero-order chi connectivity index (χ0) is 25.3. The van der Waals surface area contributed by atoms with Crippen molar-refractivity contribution in [3.05, 3.63) is 95.2 Å². The molecule has 0 saturated heterocycles. The van der Waals surface area contributed by atoms with Gasteiger partial charge in [0.05, 0.1) is 17.4 Å². The van der Waals surface area contributed by atoms with Crippen LogP contribution in [0.15, 0.2) is 84.0 Å². The molecule has 0 bridgehead atoms. The van der Waals surface area contributed by atoms with Gasteiger partial charge in [0.15, 0.2) is 0 Å². The van der Waals surface area contributed by atoms with Gasteiger partial charge in [-0.3, -0.25) is 14.5 Å². The van der Waals surface area contributed by atoms with Gasteiger partial charge in [0, 0.05) is 54.1 Å². The number of aromatic nitrogens is 5. The maximum absolute atomic E-state index is 12.6. The average molecular weight is 491 g/mol. The van der Waals surface area contributed by atoms with Crippen molar-refractivity contribution in [2.75, 3.05) is 0 Å². The fourth-order valence-electron chi connectivity index (χ4n) is 3.92. The average Bonchev–Trinajstić information content (AvgIpc) is 3.28. The molecule has 182 valence electrons. The van der Waals surface area contributed by atoms with E-state index in [0.29, 0.717) is 24.2 Å². The molecule has 0 atom stereocenters. The van der Waals surface area contributed by atoms with E-state index < -0.39 is 6.36 Å². The highest BCUT2D eigenvalue weighted by Gasteiger charge is 2.31. The minimum absolute atomic E-state index is 0.298. The summed E-state index contributed by atoms with van der Waals surface area (Å²) in [6.07, 6.45) is 1.24. The number of nitrogens with zero attached hydrogens (tertiary/aromatic N) is 5. The Balaban J connectivity index is 1.37. The van der Waals surface area contributed by atoms with E-state index in [4.69, 9.17) is 0 Å². The van der Waals surface area contributed by atoms with Crippen LogP contribution in [-0.2, 0) is 20.0 Å². The molecule has 0 aliphatic carbocycles. The van der Waals surface area contributed by atoms with Gasteiger partial charge in [0.2, 0.25) is 0 Å². The first kappa shape index (κ1) is 23.3. The monoisotopic (exact) mass is 491 g/mol. The predicted molar refractivity (Wildman–Crippen MR) is 128 cm³/mol. The van der Waals surface area contributed by atoms with E-state index in [0.717, 1.165) is 27.6 Å². The van der Waals surface area contributed by atoms with Crippen molar-refractivity contribution >= 4 is 10.9 Å². The summed E-state index contributed by atoms with van der Waals surface area (Å²) in [5.74, 6) is -0.352. The van der Waals surface area contributed by atoms with E-state index in [9.17, 15) is 18.0 Å². The van der Waals surface area contributed by atoms with Crippen LogP contribution in [-0.4, -0.2) is 30.9 Å². The third kappa shape index (κ3) is 5.27. The Kier molecular flexibility index (Phi) is 6.01. The number of alkyl halides is 3. The summed E-state index contributed by atoms with van der Waals surface area (Å²) in [6, 6.07) is 16.3. The van der Waals surface area contributed by atoms with E-state index >= 15 is 0 Å². The van der Waals surface area contributed by atoms with Crippen LogP contribution in [0.2, 0.25) is 0 Å². The maximum Gasteiger partial charge on any atom is 0.573 e. The Hall–Kier alpha value is -4.47. The number of aryl methyl sites for hydroxylation is 3. The Bertz CT molecular complexity index is 1610. The van der Waals surface area contributed by atoms with Crippen molar-refractivity contribution in [1.82, 2.24) is 24.5 Å². The predicted octanol–water partition coefficient (Wildman–Crippen LogP) is 5.00. The first-order valence-electron chi connectivity index (χ1n) is 11.1. The number of fused-ring (bicyclic) bond motifs is 1. The first-order chi connectivity index (χ1) is 17.2. The maximum atomic E-state index is 12.6. The van der Waals surface area contributed by atoms with Crippen LogP contribution < -0.4 is 10.3 Å². The van der Waals surface area contributed by atoms with Gasteiger partial charge in [0.25, 0.3) is 5.56 Å². The lowest BCUT2D eigenvalue weighted by atomic mass is 10.1. The van der Waals surface area contributed by atoms with E-state index in [1.165, 1.54) is 35.0 Å². The molecule has 36 heavy (non-hydrogen) atoms. The van der Waals surface area contributed by atoms with Gasteiger partial charge < -0.3 is 4.74 Å². The van der Waals surface area contributed by atoms with Crippen molar-refractivity contribution < 1.29 is 17.9 Å². The van der Waals surface area contributed by atoms with Crippen LogP contribution in [0.1, 0.15) is 5.56 Å². The Labute approximate surface area is 203 Å².